The summed E-state index contributed by atoms with van der Waals surface area (Å²) >= 11 is 0. The van der Waals surface area contributed by atoms with E-state index in [1.165, 1.54) is 55.8 Å². The Morgan fingerprint density at radius 3 is 2.35 bits per heavy atom. The Bertz CT molecular complexity index is 1100. The van der Waals surface area contributed by atoms with Crippen molar-refractivity contribution >= 4 is 17.2 Å². The van der Waals surface area contributed by atoms with Gasteiger partial charge in [0.2, 0.25) is 0 Å². The van der Waals surface area contributed by atoms with Crippen LogP contribution in [0.4, 0.5) is 0 Å². The first-order valence-electron chi connectivity index (χ1n) is 13.0. The molecule has 0 atom stereocenters. The van der Waals surface area contributed by atoms with Gasteiger partial charge in [0.25, 0.3) is 0 Å². The van der Waals surface area contributed by atoms with E-state index in [0.29, 0.717) is 0 Å². The first-order chi connectivity index (χ1) is 16.4. The molecular formula is C29H41N5. The fourth-order valence-electron chi connectivity index (χ4n) is 4.78. The predicted molar refractivity (Wildman–Crippen MR) is 143 cm³/mol. The third-order valence-electron chi connectivity index (χ3n) is 6.90. The van der Waals surface area contributed by atoms with E-state index in [1.54, 1.807) is 0 Å². The average molecular weight is 460 g/mol. The molecule has 0 spiro atoms. The lowest BCUT2D eigenvalue weighted by Gasteiger charge is -2.34. The molecule has 1 aliphatic rings. The molecule has 5 heteroatoms. The number of piperazine rings is 1. The molecule has 0 aliphatic carbocycles. The van der Waals surface area contributed by atoms with Crippen LogP contribution in [-0.2, 0) is 13.0 Å². The van der Waals surface area contributed by atoms with E-state index in [-0.39, 0.29) is 0 Å². The van der Waals surface area contributed by atoms with Gasteiger partial charge < -0.3 is 9.47 Å². The predicted octanol–water partition coefficient (Wildman–Crippen LogP) is 5.34. The van der Waals surface area contributed by atoms with E-state index in [1.807, 2.05) is 0 Å². The van der Waals surface area contributed by atoms with Crippen molar-refractivity contribution in [2.24, 2.45) is 5.92 Å². The molecule has 182 valence electrons. The zero-order valence-corrected chi connectivity index (χ0v) is 21.7. The Balaban J connectivity index is 1.33. The molecule has 5 nitrogen and oxygen atoms in total. The summed E-state index contributed by atoms with van der Waals surface area (Å²) in [5, 5.41) is 0. The second-order valence-electron chi connectivity index (χ2n) is 10.2. The molecule has 3 heterocycles. The number of hydrogen-bond donors (Lipinski definition) is 0. The molecule has 1 aliphatic heterocycles. The van der Waals surface area contributed by atoms with Crippen LogP contribution in [-0.4, -0.2) is 63.6 Å². The van der Waals surface area contributed by atoms with E-state index < -0.39 is 0 Å². The third kappa shape index (κ3) is 6.13. The molecule has 0 unspecified atom stereocenters. The van der Waals surface area contributed by atoms with Crippen LogP contribution < -0.4 is 0 Å². The van der Waals surface area contributed by atoms with Crippen molar-refractivity contribution in [2.75, 3.05) is 39.3 Å². The molecule has 0 radical (unpaired) electrons. The van der Waals surface area contributed by atoms with Crippen LogP contribution in [0.25, 0.3) is 17.2 Å². The van der Waals surface area contributed by atoms with Crippen molar-refractivity contribution in [2.45, 2.75) is 54.0 Å². The minimum Gasteiger partial charge on any atom is -0.308 e. The SMILES string of the molecule is CCc1nc2c(C)cc(C)nc2n1Cc1ccc(C=CCN2CCN(CCC(C)C)CC2)cc1. The number of fused-ring (bicyclic) bond motifs is 1. The van der Waals surface area contributed by atoms with Gasteiger partial charge in [-0.3, -0.25) is 4.90 Å². The van der Waals surface area contributed by atoms with Crippen molar-refractivity contribution in [1.29, 1.82) is 0 Å². The summed E-state index contributed by atoms with van der Waals surface area (Å²) in [6.45, 7) is 18.8. The highest BCUT2D eigenvalue weighted by Crippen LogP contribution is 2.21. The summed E-state index contributed by atoms with van der Waals surface area (Å²) in [5.74, 6) is 1.90. The second-order valence-corrected chi connectivity index (χ2v) is 10.2. The van der Waals surface area contributed by atoms with E-state index in [0.717, 1.165) is 48.1 Å². The lowest BCUT2D eigenvalue weighted by Crippen LogP contribution is -2.46. The van der Waals surface area contributed by atoms with Gasteiger partial charge in [-0.2, -0.15) is 0 Å². The van der Waals surface area contributed by atoms with Gasteiger partial charge in [-0.25, -0.2) is 9.97 Å². The van der Waals surface area contributed by atoms with Gasteiger partial charge in [0, 0.05) is 44.8 Å². The largest absolute Gasteiger partial charge is 0.308 e. The number of imidazole rings is 1. The minimum absolute atomic E-state index is 0.797. The third-order valence-corrected chi connectivity index (χ3v) is 6.90. The summed E-state index contributed by atoms with van der Waals surface area (Å²) in [7, 11) is 0. The van der Waals surface area contributed by atoms with Crippen LogP contribution in [0, 0.1) is 19.8 Å². The van der Waals surface area contributed by atoms with E-state index in [2.05, 4.69) is 91.5 Å². The van der Waals surface area contributed by atoms with Crippen LogP contribution in [0.15, 0.2) is 36.4 Å². The standard InChI is InChI=1S/C29H41N5/c1-6-27-31-28-23(4)20-24(5)30-29(28)34(27)21-26-11-9-25(10-12-26)8-7-14-32-16-18-33(19-17-32)15-13-22(2)3/h7-12,20,22H,6,13-19,21H2,1-5H3. The molecule has 34 heavy (non-hydrogen) atoms. The molecule has 0 N–H and O–H groups in total. The van der Waals surface area contributed by atoms with Crippen molar-refractivity contribution in [3.63, 3.8) is 0 Å². The van der Waals surface area contributed by atoms with Crippen LogP contribution in [0.2, 0.25) is 0 Å². The average Bonchev–Trinajstić information content (AvgIpc) is 3.17. The van der Waals surface area contributed by atoms with Gasteiger partial charge in [0.1, 0.15) is 11.3 Å². The number of aryl methyl sites for hydroxylation is 3. The van der Waals surface area contributed by atoms with Gasteiger partial charge in [0.05, 0.1) is 6.54 Å². The van der Waals surface area contributed by atoms with Crippen LogP contribution >= 0.6 is 0 Å². The molecule has 0 amide bonds. The quantitative estimate of drug-likeness (QED) is 0.433. The molecule has 4 rings (SSSR count). The highest BCUT2D eigenvalue weighted by atomic mass is 15.3. The van der Waals surface area contributed by atoms with Gasteiger partial charge in [-0.15, -0.1) is 0 Å². The smallest absolute Gasteiger partial charge is 0.160 e. The summed E-state index contributed by atoms with van der Waals surface area (Å²) in [6.07, 6.45) is 6.78. The summed E-state index contributed by atoms with van der Waals surface area (Å²) in [6, 6.07) is 11.0. The Hall–Kier alpha value is -2.50. The fraction of sp³-hybridized carbons (Fsp3) is 0.517. The summed E-state index contributed by atoms with van der Waals surface area (Å²) < 4.78 is 2.28. The van der Waals surface area contributed by atoms with Gasteiger partial charge in [0.15, 0.2) is 5.65 Å². The maximum atomic E-state index is 4.87. The monoisotopic (exact) mass is 459 g/mol. The highest BCUT2D eigenvalue weighted by molar-refractivity contribution is 5.76. The summed E-state index contributed by atoms with van der Waals surface area (Å²) in [4.78, 5) is 14.9. The van der Waals surface area contributed by atoms with Gasteiger partial charge in [-0.1, -0.05) is 57.2 Å². The number of benzene rings is 1. The zero-order valence-electron chi connectivity index (χ0n) is 21.7. The molecule has 2 aromatic heterocycles. The number of nitrogens with zero attached hydrogens (tertiary/aromatic N) is 5. The fourth-order valence-corrected chi connectivity index (χ4v) is 4.78. The maximum absolute atomic E-state index is 4.87. The van der Waals surface area contributed by atoms with Crippen molar-refractivity contribution in [1.82, 2.24) is 24.3 Å². The molecule has 0 saturated carbocycles. The molecule has 1 aromatic carbocycles. The summed E-state index contributed by atoms with van der Waals surface area (Å²) in [5.41, 5.74) is 6.82. The molecule has 0 bridgehead atoms. The first kappa shape index (κ1) is 24.6. The van der Waals surface area contributed by atoms with Crippen LogP contribution in [0.3, 0.4) is 0 Å². The normalized spacial score (nSPS) is 15.8. The van der Waals surface area contributed by atoms with Crippen molar-refractivity contribution in [3.05, 3.63) is 64.6 Å². The highest BCUT2D eigenvalue weighted by Gasteiger charge is 2.16. The Kier molecular flexibility index (Phi) is 8.17. The first-order valence-corrected chi connectivity index (χ1v) is 13.0. The minimum atomic E-state index is 0.797. The number of hydrogen-bond acceptors (Lipinski definition) is 4. The number of aromatic nitrogens is 3. The Labute approximate surface area is 205 Å². The molecule has 3 aromatic rings. The second kappa shape index (κ2) is 11.3. The van der Waals surface area contributed by atoms with E-state index >= 15 is 0 Å². The number of pyridine rings is 1. The Morgan fingerprint density at radius 2 is 1.68 bits per heavy atom. The zero-order chi connectivity index (χ0) is 24.1. The molecular weight excluding hydrogens is 418 g/mol. The van der Waals surface area contributed by atoms with Crippen LogP contribution in [0.1, 0.15) is 55.4 Å². The van der Waals surface area contributed by atoms with Gasteiger partial charge >= 0.3 is 0 Å². The Morgan fingerprint density at radius 1 is 0.971 bits per heavy atom. The van der Waals surface area contributed by atoms with Crippen molar-refractivity contribution < 1.29 is 0 Å². The van der Waals surface area contributed by atoms with Gasteiger partial charge in [-0.05, 0) is 55.5 Å². The lowest BCUT2D eigenvalue weighted by molar-refractivity contribution is 0.138. The maximum Gasteiger partial charge on any atom is 0.160 e. The van der Waals surface area contributed by atoms with Crippen LogP contribution in [0.5, 0.6) is 0 Å². The van der Waals surface area contributed by atoms with E-state index in [4.69, 9.17) is 9.97 Å². The molecule has 1 fully saturated rings. The number of rotatable bonds is 9. The molecule has 1 saturated heterocycles. The topological polar surface area (TPSA) is 37.2 Å². The van der Waals surface area contributed by atoms with Crippen molar-refractivity contribution in [3.8, 4) is 0 Å². The van der Waals surface area contributed by atoms with E-state index in [9.17, 15) is 0 Å². The lowest BCUT2D eigenvalue weighted by atomic mass is 10.1.